The fourth-order valence-electron chi connectivity index (χ4n) is 1.12. The zero-order chi connectivity index (χ0) is 10.6. The van der Waals surface area contributed by atoms with Crippen LogP contribution in [0.15, 0.2) is 12.1 Å². The average Bonchev–Trinajstić information content (AvgIpc) is 2.07. The number of rotatable bonds is 4. The van der Waals surface area contributed by atoms with Gasteiger partial charge in [0.1, 0.15) is 5.82 Å². The lowest BCUT2D eigenvalue weighted by molar-refractivity contribution is 0.682. The van der Waals surface area contributed by atoms with Crippen molar-refractivity contribution in [3.8, 4) is 0 Å². The summed E-state index contributed by atoms with van der Waals surface area (Å²) in [6.45, 7) is 3.87. The normalized spacial score (nSPS) is 14.8. The molecule has 1 aromatic rings. The molecule has 4 nitrogen and oxygen atoms in total. The summed E-state index contributed by atoms with van der Waals surface area (Å²) < 4.78 is 10.9. The number of nitrogens with one attached hydrogen (secondary N) is 1. The van der Waals surface area contributed by atoms with Crippen molar-refractivity contribution in [2.24, 2.45) is 0 Å². The van der Waals surface area contributed by atoms with Gasteiger partial charge in [-0.3, -0.25) is 4.21 Å². The Kier molecular flexibility index (Phi) is 4.00. The maximum Gasteiger partial charge on any atom is 0.148 e. The summed E-state index contributed by atoms with van der Waals surface area (Å²) in [5, 5.41) is 11.0. The van der Waals surface area contributed by atoms with Gasteiger partial charge in [0.2, 0.25) is 0 Å². The predicted octanol–water partition coefficient (Wildman–Crippen LogP) is 0.964. The van der Waals surface area contributed by atoms with Crippen LogP contribution >= 0.6 is 0 Å². The van der Waals surface area contributed by atoms with E-state index in [4.69, 9.17) is 0 Å². The van der Waals surface area contributed by atoms with Gasteiger partial charge in [0, 0.05) is 28.9 Å². The summed E-state index contributed by atoms with van der Waals surface area (Å²) >= 11 is 0. The summed E-state index contributed by atoms with van der Waals surface area (Å²) in [4.78, 5) is 0. The van der Waals surface area contributed by atoms with Gasteiger partial charge in [-0.05, 0) is 26.0 Å². The van der Waals surface area contributed by atoms with Crippen LogP contribution in [0.25, 0.3) is 0 Å². The Balaban J connectivity index is 2.51. The second-order valence-electron chi connectivity index (χ2n) is 3.35. The van der Waals surface area contributed by atoms with Crippen LogP contribution in [-0.2, 0) is 10.8 Å². The van der Waals surface area contributed by atoms with E-state index in [0.717, 1.165) is 11.5 Å². The van der Waals surface area contributed by atoms with Gasteiger partial charge in [-0.2, -0.15) is 5.10 Å². The predicted molar refractivity (Wildman–Crippen MR) is 58.8 cm³/mol. The van der Waals surface area contributed by atoms with E-state index in [1.165, 1.54) is 0 Å². The monoisotopic (exact) mass is 213 g/mol. The van der Waals surface area contributed by atoms with E-state index in [1.807, 2.05) is 26.0 Å². The molecule has 0 radical (unpaired) electrons. The van der Waals surface area contributed by atoms with Gasteiger partial charge in [0.15, 0.2) is 0 Å². The highest BCUT2D eigenvalue weighted by Crippen LogP contribution is 2.03. The van der Waals surface area contributed by atoms with Crippen LogP contribution in [0.5, 0.6) is 0 Å². The first-order valence-electron chi connectivity index (χ1n) is 4.45. The van der Waals surface area contributed by atoms with Crippen molar-refractivity contribution in [1.29, 1.82) is 0 Å². The van der Waals surface area contributed by atoms with Gasteiger partial charge in [-0.25, -0.2) is 0 Å². The van der Waals surface area contributed by atoms with E-state index in [2.05, 4.69) is 15.5 Å². The molecule has 0 aliphatic heterocycles. The van der Waals surface area contributed by atoms with Crippen molar-refractivity contribution in [3.05, 3.63) is 17.8 Å². The number of hydrogen-bond donors (Lipinski definition) is 1. The van der Waals surface area contributed by atoms with Gasteiger partial charge in [0.05, 0.1) is 5.69 Å². The highest BCUT2D eigenvalue weighted by atomic mass is 32.2. The molecule has 0 fully saturated rings. The molecule has 78 valence electrons. The van der Waals surface area contributed by atoms with E-state index in [1.54, 1.807) is 6.26 Å². The third-order valence-electron chi connectivity index (χ3n) is 1.68. The SMILES string of the molecule is Cc1ccc(NC(C)CS(C)=O)nn1. The van der Waals surface area contributed by atoms with Crippen molar-refractivity contribution in [2.45, 2.75) is 19.9 Å². The Morgan fingerprint density at radius 3 is 2.71 bits per heavy atom. The summed E-state index contributed by atoms with van der Waals surface area (Å²) in [7, 11) is -0.784. The van der Waals surface area contributed by atoms with E-state index >= 15 is 0 Å². The molecule has 0 aromatic carbocycles. The Morgan fingerprint density at radius 1 is 1.50 bits per heavy atom. The molecule has 5 heteroatoms. The molecule has 2 unspecified atom stereocenters. The summed E-state index contributed by atoms with van der Waals surface area (Å²) in [6.07, 6.45) is 1.69. The standard InChI is InChI=1S/C9H15N3OS/c1-7-4-5-9(12-11-7)10-8(2)6-14(3)13/h4-5,8H,6H2,1-3H3,(H,10,12). The maximum atomic E-state index is 10.9. The Labute approximate surface area is 86.6 Å². The Morgan fingerprint density at radius 2 is 2.21 bits per heavy atom. The van der Waals surface area contributed by atoms with Crippen molar-refractivity contribution in [2.75, 3.05) is 17.3 Å². The van der Waals surface area contributed by atoms with Gasteiger partial charge >= 0.3 is 0 Å². The molecule has 14 heavy (non-hydrogen) atoms. The molecule has 0 bridgehead atoms. The lowest BCUT2D eigenvalue weighted by atomic mass is 10.3. The molecule has 0 saturated heterocycles. The Bertz CT molecular complexity index is 312. The lowest BCUT2D eigenvalue weighted by Crippen LogP contribution is -2.22. The smallest absolute Gasteiger partial charge is 0.148 e. The first-order valence-corrected chi connectivity index (χ1v) is 6.17. The summed E-state index contributed by atoms with van der Waals surface area (Å²) in [5.41, 5.74) is 0.891. The zero-order valence-corrected chi connectivity index (χ0v) is 9.47. The third kappa shape index (κ3) is 3.83. The molecule has 0 aliphatic rings. The van der Waals surface area contributed by atoms with Gasteiger partial charge in [0.25, 0.3) is 0 Å². The fourth-order valence-corrected chi connectivity index (χ4v) is 1.91. The molecule has 1 heterocycles. The van der Waals surface area contributed by atoms with Crippen LogP contribution < -0.4 is 5.32 Å². The fraction of sp³-hybridized carbons (Fsp3) is 0.556. The first-order chi connectivity index (χ1) is 6.58. The van der Waals surface area contributed by atoms with Crippen LogP contribution in [-0.4, -0.2) is 32.5 Å². The minimum atomic E-state index is -0.784. The zero-order valence-electron chi connectivity index (χ0n) is 8.65. The number of nitrogens with zero attached hydrogens (tertiary/aromatic N) is 2. The molecule has 0 spiro atoms. The molecule has 0 amide bonds. The van der Waals surface area contributed by atoms with Crippen molar-refractivity contribution >= 4 is 16.6 Å². The van der Waals surface area contributed by atoms with Crippen molar-refractivity contribution < 1.29 is 4.21 Å². The van der Waals surface area contributed by atoms with Crippen molar-refractivity contribution in [3.63, 3.8) is 0 Å². The molecule has 1 aromatic heterocycles. The minimum absolute atomic E-state index is 0.151. The highest BCUT2D eigenvalue weighted by Gasteiger charge is 2.04. The average molecular weight is 213 g/mol. The van der Waals surface area contributed by atoms with Crippen LogP contribution in [0.1, 0.15) is 12.6 Å². The second-order valence-corrected chi connectivity index (χ2v) is 4.82. The highest BCUT2D eigenvalue weighted by molar-refractivity contribution is 7.84. The van der Waals surface area contributed by atoms with Crippen LogP contribution in [0.3, 0.4) is 0 Å². The van der Waals surface area contributed by atoms with E-state index in [0.29, 0.717) is 5.75 Å². The topological polar surface area (TPSA) is 54.9 Å². The van der Waals surface area contributed by atoms with E-state index in [-0.39, 0.29) is 6.04 Å². The van der Waals surface area contributed by atoms with Gasteiger partial charge < -0.3 is 5.32 Å². The Hall–Kier alpha value is -0.970. The maximum absolute atomic E-state index is 10.9. The molecule has 2 atom stereocenters. The third-order valence-corrected chi connectivity index (χ3v) is 2.65. The molecule has 0 saturated carbocycles. The first kappa shape index (κ1) is 11.1. The number of aryl methyl sites for hydroxylation is 1. The van der Waals surface area contributed by atoms with E-state index in [9.17, 15) is 4.21 Å². The van der Waals surface area contributed by atoms with Crippen LogP contribution in [0.2, 0.25) is 0 Å². The second kappa shape index (κ2) is 5.05. The largest absolute Gasteiger partial charge is 0.365 e. The molecule has 1 N–H and O–H groups in total. The van der Waals surface area contributed by atoms with Crippen LogP contribution in [0, 0.1) is 6.92 Å². The van der Waals surface area contributed by atoms with Crippen LogP contribution in [0.4, 0.5) is 5.82 Å². The molecule has 1 rings (SSSR count). The van der Waals surface area contributed by atoms with Gasteiger partial charge in [-0.1, -0.05) is 0 Å². The summed E-state index contributed by atoms with van der Waals surface area (Å²) in [5.74, 6) is 1.35. The number of anilines is 1. The lowest BCUT2D eigenvalue weighted by Gasteiger charge is -2.11. The minimum Gasteiger partial charge on any atom is -0.365 e. The number of hydrogen-bond acceptors (Lipinski definition) is 4. The molecular formula is C9H15N3OS. The van der Waals surface area contributed by atoms with Gasteiger partial charge in [-0.15, -0.1) is 5.10 Å². The van der Waals surface area contributed by atoms with Crippen molar-refractivity contribution in [1.82, 2.24) is 10.2 Å². The van der Waals surface area contributed by atoms with E-state index < -0.39 is 10.8 Å². The summed E-state index contributed by atoms with van der Waals surface area (Å²) in [6, 6.07) is 3.92. The number of aromatic nitrogens is 2. The molecule has 0 aliphatic carbocycles. The quantitative estimate of drug-likeness (QED) is 0.809. The molecular weight excluding hydrogens is 198 g/mol.